The summed E-state index contributed by atoms with van der Waals surface area (Å²) < 4.78 is 1.94. The molecular weight excluding hydrogens is 202 g/mol. The van der Waals surface area contributed by atoms with Gasteiger partial charge < -0.3 is 10.4 Å². The van der Waals surface area contributed by atoms with E-state index < -0.39 is 0 Å². The van der Waals surface area contributed by atoms with Gasteiger partial charge in [-0.3, -0.25) is 4.68 Å². The lowest BCUT2D eigenvalue weighted by Gasteiger charge is -2.09. The van der Waals surface area contributed by atoms with Gasteiger partial charge >= 0.3 is 0 Å². The maximum absolute atomic E-state index is 9.53. The van der Waals surface area contributed by atoms with Gasteiger partial charge in [-0.25, -0.2) is 0 Å². The van der Waals surface area contributed by atoms with Crippen molar-refractivity contribution in [3.8, 4) is 0 Å². The van der Waals surface area contributed by atoms with Gasteiger partial charge in [-0.1, -0.05) is 13.3 Å². The molecule has 2 N–H and O–H groups in total. The number of nitrogens with zero attached hydrogens (tertiary/aromatic N) is 2. The van der Waals surface area contributed by atoms with Crippen molar-refractivity contribution in [2.75, 3.05) is 6.54 Å². The Morgan fingerprint density at radius 3 is 2.81 bits per heavy atom. The van der Waals surface area contributed by atoms with E-state index in [4.69, 9.17) is 0 Å². The lowest BCUT2D eigenvalue weighted by Crippen LogP contribution is -2.26. The highest BCUT2D eigenvalue weighted by Crippen LogP contribution is 2.04. The largest absolute Gasteiger partial charge is 0.392 e. The molecule has 0 aliphatic heterocycles. The van der Waals surface area contributed by atoms with Crippen LogP contribution >= 0.6 is 0 Å². The molecule has 0 spiro atoms. The first-order valence-corrected chi connectivity index (χ1v) is 6.06. The predicted octanol–water partition coefficient (Wildman–Crippen LogP) is 1.71. The molecule has 0 bridgehead atoms. The molecule has 4 heteroatoms. The molecule has 1 atom stereocenters. The topological polar surface area (TPSA) is 50.1 Å². The lowest BCUT2D eigenvalue weighted by atomic mass is 10.2. The summed E-state index contributed by atoms with van der Waals surface area (Å²) in [5.41, 5.74) is 1.03. The molecule has 0 saturated carbocycles. The van der Waals surface area contributed by atoms with Crippen LogP contribution in [0.15, 0.2) is 12.3 Å². The van der Waals surface area contributed by atoms with Crippen LogP contribution in [0.1, 0.15) is 45.3 Å². The van der Waals surface area contributed by atoms with E-state index in [9.17, 15) is 5.11 Å². The molecule has 1 unspecified atom stereocenters. The van der Waals surface area contributed by atoms with Crippen LogP contribution in [-0.2, 0) is 6.54 Å². The minimum atomic E-state index is -0.239. The van der Waals surface area contributed by atoms with E-state index in [0.29, 0.717) is 12.6 Å². The third-order valence-corrected chi connectivity index (χ3v) is 2.50. The number of rotatable bonds is 7. The quantitative estimate of drug-likeness (QED) is 0.743. The summed E-state index contributed by atoms with van der Waals surface area (Å²) in [6.07, 6.45) is 3.62. The highest BCUT2D eigenvalue weighted by Gasteiger charge is 2.04. The van der Waals surface area contributed by atoms with Gasteiger partial charge in [0.15, 0.2) is 0 Å². The minimum absolute atomic E-state index is 0.239. The van der Waals surface area contributed by atoms with Crippen molar-refractivity contribution >= 4 is 0 Å². The molecule has 1 rings (SSSR count). The van der Waals surface area contributed by atoms with Crippen molar-refractivity contribution in [2.24, 2.45) is 0 Å². The highest BCUT2D eigenvalue weighted by atomic mass is 16.3. The second-order valence-corrected chi connectivity index (χ2v) is 4.45. The molecule has 0 aliphatic carbocycles. The fourth-order valence-corrected chi connectivity index (χ4v) is 1.56. The van der Waals surface area contributed by atoms with Crippen LogP contribution in [0.5, 0.6) is 0 Å². The zero-order chi connectivity index (χ0) is 12.0. The number of aliphatic hydroxyl groups excluding tert-OH is 1. The van der Waals surface area contributed by atoms with E-state index in [1.165, 1.54) is 0 Å². The monoisotopic (exact) mass is 225 g/mol. The molecule has 1 aromatic rings. The average molecular weight is 225 g/mol. The summed E-state index contributed by atoms with van der Waals surface area (Å²) in [6.45, 7) is 7.65. The molecule has 0 fully saturated rings. The Morgan fingerprint density at radius 1 is 1.50 bits per heavy atom. The van der Waals surface area contributed by atoms with Crippen LogP contribution in [0.2, 0.25) is 0 Å². The van der Waals surface area contributed by atoms with Crippen LogP contribution in [0.25, 0.3) is 0 Å². The lowest BCUT2D eigenvalue weighted by molar-refractivity contribution is 0.160. The van der Waals surface area contributed by atoms with Gasteiger partial charge in [0.25, 0.3) is 0 Å². The fraction of sp³-hybridized carbons (Fsp3) is 0.750. The second kappa shape index (κ2) is 6.66. The van der Waals surface area contributed by atoms with E-state index in [-0.39, 0.29) is 6.10 Å². The van der Waals surface area contributed by atoms with Crippen molar-refractivity contribution < 1.29 is 5.11 Å². The molecule has 1 heterocycles. The van der Waals surface area contributed by atoms with Crippen molar-refractivity contribution in [1.82, 2.24) is 15.1 Å². The number of nitrogens with one attached hydrogen (secondary N) is 1. The van der Waals surface area contributed by atoms with Gasteiger partial charge in [-0.15, -0.1) is 0 Å². The third-order valence-electron chi connectivity index (χ3n) is 2.50. The van der Waals surface area contributed by atoms with Crippen LogP contribution in [0, 0.1) is 0 Å². The van der Waals surface area contributed by atoms with E-state index in [1.807, 2.05) is 16.9 Å². The van der Waals surface area contributed by atoms with Gasteiger partial charge in [-0.05, 0) is 26.3 Å². The molecule has 1 aromatic heterocycles. The number of hydrogen-bond donors (Lipinski definition) is 2. The highest BCUT2D eigenvalue weighted by molar-refractivity contribution is 4.99. The summed E-state index contributed by atoms with van der Waals surface area (Å²) in [5.74, 6) is 0. The van der Waals surface area contributed by atoms with Crippen molar-refractivity contribution in [3.63, 3.8) is 0 Å². The summed E-state index contributed by atoms with van der Waals surface area (Å²) in [5, 5.41) is 17.2. The molecule has 92 valence electrons. The van der Waals surface area contributed by atoms with E-state index in [0.717, 1.165) is 25.1 Å². The Hall–Kier alpha value is -0.870. The molecule has 4 nitrogen and oxygen atoms in total. The van der Waals surface area contributed by atoms with Gasteiger partial charge in [-0.2, -0.15) is 5.10 Å². The summed E-state index contributed by atoms with van der Waals surface area (Å²) in [4.78, 5) is 0. The van der Waals surface area contributed by atoms with Crippen LogP contribution < -0.4 is 5.32 Å². The first-order valence-electron chi connectivity index (χ1n) is 6.06. The number of aromatic nitrogens is 2. The molecule has 0 aromatic carbocycles. The molecule has 0 saturated heterocycles. The maximum atomic E-state index is 9.53. The Kier molecular flexibility index (Phi) is 5.49. The Bertz CT molecular complexity index is 296. The van der Waals surface area contributed by atoms with Crippen LogP contribution in [-0.4, -0.2) is 27.5 Å². The summed E-state index contributed by atoms with van der Waals surface area (Å²) in [6, 6.07) is 2.42. The van der Waals surface area contributed by atoms with E-state index in [1.54, 1.807) is 0 Å². The SMILES string of the molecule is CCCC(O)CNCc1ccn(C(C)C)n1. The predicted molar refractivity (Wildman–Crippen MR) is 65.2 cm³/mol. The van der Waals surface area contributed by atoms with E-state index >= 15 is 0 Å². The molecular formula is C12H23N3O. The zero-order valence-electron chi connectivity index (χ0n) is 10.5. The number of aliphatic hydroxyl groups is 1. The van der Waals surface area contributed by atoms with Gasteiger partial charge in [0, 0.05) is 25.3 Å². The van der Waals surface area contributed by atoms with Crippen molar-refractivity contribution in [1.29, 1.82) is 0 Å². The van der Waals surface area contributed by atoms with Gasteiger partial charge in [0.1, 0.15) is 0 Å². The molecule has 0 amide bonds. The normalized spacial score (nSPS) is 13.3. The van der Waals surface area contributed by atoms with Crippen molar-refractivity contribution in [3.05, 3.63) is 18.0 Å². The smallest absolute Gasteiger partial charge is 0.0762 e. The summed E-state index contributed by atoms with van der Waals surface area (Å²) in [7, 11) is 0. The van der Waals surface area contributed by atoms with Gasteiger partial charge in [0.05, 0.1) is 11.8 Å². The Morgan fingerprint density at radius 2 is 2.25 bits per heavy atom. The van der Waals surface area contributed by atoms with Gasteiger partial charge in [0.2, 0.25) is 0 Å². The number of hydrogen-bond acceptors (Lipinski definition) is 3. The average Bonchev–Trinajstić information content (AvgIpc) is 2.67. The second-order valence-electron chi connectivity index (χ2n) is 4.45. The maximum Gasteiger partial charge on any atom is 0.0762 e. The van der Waals surface area contributed by atoms with Crippen molar-refractivity contribution in [2.45, 2.75) is 52.3 Å². The minimum Gasteiger partial charge on any atom is -0.392 e. The molecule has 0 aliphatic rings. The first kappa shape index (κ1) is 13.2. The summed E-state index contributed by atoms with van der Waals surface area (Å²) >= 11 is 0. The standard InChI is InChI=1S/C12H23N3O/c1-4-5-12(16)9-13-8-11-6-7-15(14-11)10(2)3/h6-7,10,12-13,16H,4-5,8-9H2,1-3H3. The van der Waals surface area contributed by atoms with Crippen LogP contribution in [0.4, 0.5) is 0 Å². The molecule has 0 radical (unpaired) electrons. The van der Waals surface area contributed by atoms with E-state index in [2.05, 4.69) is 31.2 Å². The zero-order valence-corrected chi connectivity index (χ0v) is 10.5. The van der Waals surface area contributed by atoms with Crippen LogP contribution in [0.3, 0.4) is 0 Å². The Labute approximate surface area is 97.7 Å². The third kappa shape index (κ3) is 4.33. The fourth-order valence-electron chi connectivity index (χ4n) is 1.56. The molecule has 16 heavy (non-hydrogen) atoms. The Balaban J connectivity index is 2.26. The first-order chi connectivity index (χ1) is 7.63.